The molecule has 2 atom stereocenters. The van der Waals surface area contributed by atoms with Gasteiger partial charge in [-0.25, -0.2) is 0 Å². The SMILES string of the molecule is CCC(N)C(Oc1ccccc1C(C)C)c1cccnc1. The Morgan fingerprint density at radius 3 is 2.52 bits per heavy atom. The average molecular weight is 284 g/mol. The fourth-order valence-corrected chi connectivity index (χ4v) is 2.36. The van der Waals surface area contributed by atoms with Crippen molar-refractivity contribution in [3.8, 4) is 5.75 Å². The Morgan fingerprint density at radius 1 is 1.14 bits per heavy atom. The van der Waals surface area contributed by atoms with Crippen LogP contribution in [0, 0.1) is 0 Å². The molecule has 0 radical (unpaired) electrons. The van der Waals surface area contributed by atoms with Crippen LogP contribution in [0.4, 0.5) is 0 Å². The van der Waals surface area contributed by atoms with Crippen molar-refractivity contribution >= 4 is 0 Å². The summed E-state index contributed by atoms with van der Waals surface area (Å²) in [6, 6.07) is 12.0. The maximum Gasteiger partial charge on any atom is 0.140 e. The van der Waals surface area contributed by atoms with E-state index in [0.717, 1.165) is 17.7 Å². The second-order valence-electron chi connectivity index (χ2n) is 5.59. The number of hydrogen-bond acceptors (Lipinski definition) is 3. The molecule has 0 saturated heterocycles. The van der Waals surface area contributed by atoms with E-state index in [9.17, 15) is 0 Å². The van der Waals surface area contributed by atoms with Crippen molar-refractivity contribution in [2.75, 3.05) is 0 Å². The highest BCUT2D eigenvalue weighted by molar-refractivity contribution is 5.36. The molecular formula is C18H24N2O. The molecule has 0 amide bonds. The molecule has 2 N–H and O–H groups in total. The van der Waals surface area contributed by atoms with Gasteiger partial charge in [0.2, 0.25) is 0 Å². The number of rotatable bonds is 6. The van der Waals surface area contributed by atoms with Gasteiger partial charge in [0.05, 0.1) is 0 Å². The van der Waals surface area contributed by atoms with Gasteiger partial charge < -0.3 is 10.5 Å². The molecule has 2 rings (SSSR count). The highest BCUT2D eigenvalue weighted by atomic mass is 16.5. The number of para-hydroxylation sites is 1. The van der Waals surface area contributed by atoms with Crippen molar-refractivity contribution in [2.24, 2.45) is 5.73 Å². The number of benzene rings is 1. The molecule has 2 unspecified atom stereocenters. The minimum atomic E-state index is -0.177. The van der Waals surface area contributed by atoms with E-state index in [1.807, 2.05) is 36.5 Å². The van der Waals surface area contributed by atoms with Crippen molar-refractivity contribution in [3.63, 3.8) is 0 Å². The quantitative estimate of drug-likeness (QED) is 0.870. The molecule has 0 bridgehead atoms. The van der Waals surface area contributed by atoms with Crippen LogP contribution in [0.25, 0.3) is 0 Å². The predicted molar refractivity (Wildman–Crippen MR) is 86.4 cm³/mol. The zero-order valence-corrected chi connectivity index (χ0v) is 13.0. The van der Waals surface area contributed by atoms with Crippen LogP contribution in [0.2, 0.25) is 0 Å². The molecule has 3 heteroatoms. The van der Waals surface area contributed by atoms with E-state index in [-0.39, 0.29) is 12.1 Å². The lowest BCUT2D eigenvalue weighted by Crippen LogP contribution is -2.31. The summed E-state index contributed by atoms with van der Waals surface area (Å²) in [5.74, 6) is 1.32. The number of nitrogens with two attached hydrogens (primary N) is 1. The van der Waals surface area contributed by atoms with Crippen LogP contribution in [0.5, 0.6) is 5.75 Å². The highest BCUT2D eigenvalue weighted by Gasteiger charge is 2.22. The summed E-state index contributed by atoms with van der Waals surface area (Å²) in [7, 11) is 0. The van der Waals surface area contributed by atoms with Gasteiger partial charge in [-0.2, -0.15) is 0 Å². The van der Waals surface area contributed by atoms with Crippen LogP contribution < -0.4 is 10.5 Å². The van der Waals surface area contributed by atoms with Gasteiger partial charge in [-0.05, 0) is 30.0 Å². The van der Waals surface area contributed by atoms with Gasteiger partial charge in [0.15, 0.2) is 0 Å². The largest absolute Gasteiger partial charge is 0.484 e. The van der Waals surface area contributed by atoms with Gasteiger partial charge in [0, 0.05) is 24.0 Å². The van der Waals surface area contributed by atoms with Crippen molar-refractivity contribution < 1.29 is 4.74 Å². The molecule has 0 spiro atoms. The van der Waals surface area contributed by atoms with Crippen LogP contribution >= 0.6 is 0 Å². The first kappa shape index (κ1) is 15.5. The van der Waals surface area contributed by atoms with Crippen molar-refractivity contribution in [1.82, 2.24) is 4.98 Å². The molecule has 3 nitrogen and oxygen atoms in total. The van der Waals surface area contributed by atoms with Gasteiger partial charge in [0.1, 0.15) is 11.9 Å². The predicted octanol–water partition coefficient (Wildman–Crippen LogP) is 4.06. The van der Waals surface area contributed by atoms with Gasteiger partial charge in [-0.3, -0.25) is 4.98 Å². The van der Waals surface area contributed by atoms with E-state index in [0.29, 0.717) is 5.92 Å². The maximum atomic E-state index is 6.28. The van der Waals surface area contributed by atoms with Crippen LogP contribution in [0.15, 0.2) is 48.8 Å². The van der Waals surface area contributed by atoms with Crippen molar-refractivity contribution in [3.05, 3.63) is 59.9 Å². The van der Waals surface area contributed by atoms with Crippen molar-refractivity contribution in [1.29, 1.82) is 0 Å². The first-order valence-electron chi connectivity index (χ1n) is 7.54. The lowest BCUT2D eigenvalue weighted by atomic mass is 10.00. The minimum Gasteiger partial charge on any atom is -0.484 e. The van der Waals surface area contributed by atoms with Gasteiger partial charge in [-0.15, -0.1) is 0 Å². The van der Waals surface area contributed by atoms with E-state index in [4.69, 9.17) is 10.5 Å². The number of pyridine rings is 1. The Kier molecular flexibility index (Phi) is 5.34. The summed E-state index contributed by atoms with van der Waals surface area (Å²) < 4.78 is 6.28. The first-order chi connectivity index (χ1) is 10.1. The van der Waals surface area contributed by atoms with Crippen LogP contribution in [-0.2, 0) is 0 Å². The Balaban J connectivity index is 2.32. The molecule has 0 aliphatic rings. The highest BCUT2D eigenvalue weighted by Crippen LogP contribution is 2.31. The number of aromatic nitrogens is 1. The second kappa shape index (κ2) is 7.23. The molecule has 0 fully saturated rings. The first-order valence-corrected chi connectivity index (χ1v) is 7.54. The molecule has 112 valence electrons. The molecule has 21 heavy (non-hydrogen) atoms. The third-order valence-electron chi connectivity index (χ3n) is 3.67. The Labute approximate surface area is 127 Å². The van der Waals surface area contributed by atoms with E-state index in [1.165, 1.54) is 5.56 Å². The second-order valence-corrected chi connectivity index (χ2v) is 5.59. The zero-order chi connectivity index (χ0) is 15.2. The molecule has 0 aliphatic heterocycles. The molecule has 2 aromatic rings. The topological polar surface area (TPSA) is 48.1 Å². The number of nitrogens with zero attached hydrogens (tertiary/aromatic N) is 1. The Hall–Kier alpha value is -1.87. The lowest BCUT2D eigenvalue weighted by Gasteiger charge is -2.26. The molecular weight excluding hydrogens is 260 g/mol. The van der Waals surface area contributed by atoms with E-state index < -0.39 is 0 Å². The summed E-state index contributed by atoms with van der Waals surface area (Å²) >= 11 is 0. The third kappa shape index (κ3) is 3.82. The van der Waals surface area contributed by atoms with Crippen molar-refractivity contribution in [2.45, 2.75) is 45.3 Å². The fraction of sp³-hybridized carbons (Fsp3) is 0.389. The number of ether oxygens (including phenoxy) is 1. The average Bonchev–Trinajstić information content (AvgIpc) is 2.53. The van der Waals surface area contributed by atoms with E-state index >= 15 is 0 Å². The van der Waals surface area contributed by atoms with Crippen LogP contribution in [0.1, 0.15) is 50.3 Å². The summed E-state index contributed by atoms with van der Waals surface area (Å²) in [6.07, 6.45) is 4.27. The summed E-state index contributed by atoms with van der Waals surface area (Å²) in [4.78, 5) is 4.19. The Morgan fingerprint density at radius 2 is 1.90 bits per heavy atom. The molecule has 1 aromatic heterocycles. The molecule has 1 heterocycles. The lowest BCUT2D eigenvalue weighted by molar-refractivity contribution is 0.168. The third-order valence-corrected chi connectivity index (χ3v) is 3.67. The van der Waals surface area contributed by atoms with Crippen LogP contribution in [0.3, 0.4) is 0 Å². The Bertz CT molecular complexity index is 554. The minimum absolute atomic E-state index is 0.0607. The van der Waals surface area contributed by atoms with Gasteiger partial charge in [-0.1, -0.05) is 45.0 Å². The number of hydrogen-bond donors (Lipinski definition) is 1. The summed E-state index contributed by atoms with van der Waals surface area (Å²) in [5, 5.41) is 0. The van der Waals surface area contributed by atoms with Gasteiger partial charge in [0.25, 0.3) is 0 Å². The van der Waals surface area contributed by atoms with E-state index in [2.05, 4.69) is 31.8 Å². The fourth-order valence-electron chi connectivity index (χ4n) is 2.36. The van der Waals surface area contributed by atoms with Gasteiger partial charge >= 0.3 is 0 Å². The zero-order valence-electron chi connectivity index (χ0n) is 13.0. The molecule has 1 aromatic carbocycles. The summed E-state index contributed by atoms with van der Waals surface area (Å²) in [6.45, 7) is 6.41. The van der Waals surface area contributed by atoms with Crippen LogP contribution in [-0.4, -0.2) is 11.0 Å². The summed E-state index contributed by atoms with van der Waals surface area (Å²) in [5.41, 5.74) is 8.49. The smallest absolute Gasteiger partial charge is 0.140 e. The van der Waals surface area contributed by atoms with E-state index in [1.54, 1.807) is 6.20 Å². The normalized spacial score (nSPS) is 14.0. The standard InChI is InChI=1S/C18H24N2O/c1-4-16(19)18(14-8-7-11-20-12-14)21-17-10-6-5-9-15(17)13(2)3/h5-13,16,18H,4,19H2,1-3H3. The maximum absolute atomic E-state index is 6.28. The molecule has 0 saturated carbocycles. The molecule has 0 aliphatic carbocycles. The monoisotopic (exact) mass is 284 g/mol.